The highest BCUT2D eigenvalue weighted by Crippen LogP contribution is 2.22. The van der Waals surface area contributed by atoms with Gasteiger partial charge in [0, 0.05) is 17.9 Å². The number of carboxylic acids is 1. The van der Waals surface area contributed by atoms with Gasteiger partial charge in [0.25, 0.3) is 0 Å². The van der Waals surface area contributed by atoms with E-state index in [1.54, 1.807) is 11.8 Å². The van der Waals surface area contributed by atoms with E-state index in [1.807, 2.05) is 13.2 Å². The molecule has 0 radical (unpaired) electrons. The Labute approximate surface area is 108 Å². The minimum atomic E-state index is -1.22. The number of carboxylic acid groups (broad SMARTS) is 1. The summed E-state index contributed by atoms with van der Waals surface area (Å²) in [6.07, 6.45) is 1.92. The molecule has 1 unspecified atom stereocenters. The molecule has 0 aromatic carbocycles. The SMILES string of the molecule is CSC(C)CNc1nc(C(=O)O)ccc1[N+](=O)[O-]. The molecule has 98 valence electrons. The first-order valence-electron chi connectivity index (χ1n) is 5.11. The lowest BCUT2D eigenvalue weighted by Gasteiger charge is -2.10. The van der Waals surface area contributed by atoms with Gasteiger partial charge in [-0.3, -0.25) is 10.1 Å². The molecule has 0 fully saturated rings. The van der Waals surface area contributed by atoms with Gasteiger partial charge in [-0.2, -0.15) is 11.8 Å². The van der Waals surface area contributed by atoms with E-state index in [1.165, 1.54) is 0 Å². The number of hydrogen-bond donors (Lipinski definition) is 2. The van der Waals surface area contributed by atoms with Crippen LogP contribution >= 0.6 is 11.8 Å². The second-order valence-corrected chi connectivity index (χ2v) is 4.83. The molecule has 0 aliphatic heterocycles. The highest BCUT2D eigenvalue weighted by molar-refractivity contribution is 7.99. The van der Waals surface area contributed by atoms with Gasteiger partial charge in [0.05, 0.1) is 4.92 Å². The Morgan fingerprint density at radius 1 is 1.67 bits per heavy atom. The maximum atomic E-state index is 10.8. The monoisotopic (exact) mass is 271 g/mol. The maximum Gasteiger partial charge on any atom is 0.354 e. The number of rotatable bonds is 6. The topological polar surface area (TPSA) is 105 Å². The lowest BCUT2D eigenvalue weighted by atomic mass is 10.3. The van der Waals surface area contributed by atoms with Crippen molar-refractivity contribution in [2.45, 2.75) is 12.2 Å². The number of nitrogens with zero attached hydrogens (tertiary/aromatic N) is 2. The minimum Gasteiger partial charge on any atom is -0.477 e. The van der Waals surface area contributed by atoms with E-state index >= 15 is 0 Å². The largest absolute Gasteiger partial charge is 0.477 e. The van der Waals surface area contributed by atoms with Crippen molar-refractivity contribution in [1.82, 2.24) is 4.98 Å². The van der Waals surface area contributed by atoms with Crippen LogP contribution in [-0.4, -0.2) is 39.0 Å². The first-order chi connectivity index (χ1) is 8.45. The number of carbonyl (C=O) groups is 1. The third-order valence-corrected chi connectivity index (χ3v) is 3.22. The van der Waals surface area contributed by atoms with E-state index in [0.29, 0.717) is 6.54 Å². The van der Waals surface area contributed by atoms with Crippen LogP contribution in [0.4, 0.5) is 11.5 Å². The van der Waals surface area contributed by atoms with Crippen molar-refractivity contribution < 1.29 is 14.8 Å². The number of aromatic nitrogens is 1. The van der Waals surface area contributed by atoms with Crippen molar-refractivity contribution in [2.24, 2.45) is 0 Å². The van der Waals surface area contributed by atoms with Crippen molar-refractivity contribution in [3.8, 4) is 0 Å². The first kappa shape index (κ1) is 14.2. The molecule has 2 N–H and O–H groups in total. The third-order valence-electron chi connectivity index (χ3n) is 2.25. The summed E-state index contributed by atoms with van der Waals surface area (Å²) < 4.78 is 0. The van der Waals surface area contributed by atoms with Crippen molar-refractivity contribution in [3.63, 3.8) is 0 Å². The van der Waals surface area contributed by atoms with Crippen LogP contribution in [0.3, 0.4) is 0 Å². The van der Waals surface area contributed by atoms with Crippen LogP contribution in [0.2, 0.25) is 0 Å². The highest BCUT2D eigenvalue weighted by atomic mass is 32.2. The minimum absolute atomic E-state index is 0.0131. The number of anilines is 1. The summed E-state index contributed by atoms with van der Waals surface area (Å²) in [6, 6.07) is 2.26. The number of pyridine rings is 1. The fourth-order valence-electron chi connectivity index (χ4n) is 1.17. The molecule has 1 aromatic rings. The number of thioether (sulfide) groups is 1. The van der Waals surface area contributed by atoms with Crippen molar-refractivity contribution in [1.29, 1.82) is 0 Å². The van der Waals surface area contributed by atoms with Crippen molar-refractivity contribution in [3.05, 3.63) is 27.9 Å². The summed E-state index contributed by atoms with van der Waals surface area (Å²) in [6.45, 7) is 2.42. The van der Waals surface area contributed by atoms with Crippen molar-refractivity contribution >= 4 is 29.2 Å². The molecule has 8 heteroatoms. The number of aromatic carboxylic acids is 1. The standard InChI is InChI=1S/C10H13N3O4S/c1-6(18-2)5-11-9-8(13(16)17)4-3-7(12-9)10(14)15/h3-4,6H,5H2,1-2H3,(H,11,12)(H,14,15). The van der Waals surface area contributed by atoms with E-state index < -0.39 is 10.9 Å². The maximum absolute atomic E-state index is 10.8. The summed E-state index contributed by atoms with van der Waals surface area (Å²) in [5, 5.41) is 22.6. The lowest BCUT2D eigenvalue weighted by molar-refractivity contribution is -0.384. The normalized spacial score (nSPS) is 11.9. The molecule has 1 heterocycles. The highest BCUT2D eigenvalue weighted by Gasteiger charge is 2.18. The molecule has 0 aliphatic carbocycles. The van der Waals surface area contributed by atoms with Crippen LogP contribution in [-0.2, 0) is 0 Å². The molecule has 1 aromatic heterocycles. The van der Waals surface area contributed by atoms with E-state index in [0.717, 1.165) is 12.1 Å². The molecule has 1 atom stereocenters. The van der Waals surface area contributed by atoms with Gasteiger partial charge in [0.15, 0.2) is 5.69 Å². The van der Waals surface area contributed by atoms with Gasteiger partial charge in [0.2, 0.25) is 5.82 Å². The van der Waals surface area contributed by atoms with Crippen molar-refractivity contribution in [2.75, 3.05) is 18.1 Å². The van der Waals surface area contributed by atoms with Crippen LogP contribution in [0.1, 0.15) is 17.4 Å². The Balaban J connectivity index is 3.00. The molecule has 0 saturated heterocycles. The average molecular weight is 271 g/mol. The number of nitrogens with one attached hydrogen (secondary N) is 1. The average Bonchev–Trinajstić information content (AvgIpc) is 2.35. The number of hydrogen-bond acceptors (Lipinski definition) is 6. The number of nitro groups is 1. The Morgan fingerprint density at radius 2 is 2.33 bits per heavy atom. The molecule has 1 rings (SSSR count). The third kappa shape index (κ3) is 3.59. The molecular weight excluding hydrogens is 258 g/mol. The van der Waals surface area contributed by atoms with Gasteiger partial charge in [0.1, 0.15) is 0 Å². The Bertz CT molecular complexity index is 466. The zero-order chi connectivity index (χ0) is 13.7. The Kier molecular flexibility index (Phi) is 4.90. The van der Waals surface area contributed by atoms with E-state index in [9.17, 15) is 14.9 Å². The van der Waals surface area contributed by atoms with E-state index in [4.69, 9.17) is 5.11 Å². The van der Waals surface area contributed by atoms with Crippen LogP contribution in [0, 0.1) is 10.1 Å². The summed E-state index contributed by atoms with van der Waals surface area (Å²) in [5.41, 5.74) is -0.451. The molecule has 0 spiro atoms. The Morgan fingerprint density at radius 3 is 2.83 bits per heavy atom. The smallest absolute Gasteiger partial charge is 0.354 e. The first-order valence-corrected chi connectivity index (χ1v) is 6.40. The predicted molar refractivity (Wildman–Crippen MR) is 69.3 cm³/mol. The quantitative estimate of drug-likeness (QED) is 0.600. The molecule has 0 amide bonds. The molecular formula is C10H13N3O4S. The lowest BCUT2D eigenvalue weighted by Crippen LogP contribution is -2.15. The predicted octanol–water partition coefficient (Wildman–Crippen LogP) is 1.85. The zero-order valence-electron chi connectivity index (χ0n) is 9.91. The zero-order valence-corrected chi connectivity index (χ0v) is 10.7. The fraction of sp³-hybridized carbons (Fsp3) is 0.400. The molecule has 7 nitrogen and oxygen atoms in total. The molecule has 0 aliphatic rings. The van der Waals surface area contributed by atoms with Gasteiger partial charge in [-0.25, -0.2) is 9.78 Å². The van der Waals surface area contributed by atoms with Gasteiger partial charge in [-0.1, -0.05) is 6.92 Å². The van der Waals surface area contributed by atoms with Crippen LogP contribution in [0.15, 0.2) is 12.1 Å². The van der Waals surface area contributed by atoms with E-state index in [2.05, 4.69) is 10.3 Å². The van der Waals surface area contributed by atoms with Gasteiger partial charge >= 0.3 is 11.7 Å². The summed E-state index contributed by atoms with van der Waals surface area (Å²) >= 11 is 1.59. The summed E-state index contributed by atoms with van der Waals surface area (Å²) in [5.74, 6) is -1.23. The van der Waals surface area contributed by atoms with Gasteiger partial charge in [-0.05, 0) is 12.3 Å². The second kappa shape index (κ2) is 6.20. The van der Waals surface area contributed by atoms with Crippen LogP contribution < -0.4 is 5.32 Å². The second-order valence-electron chi connectivity index (χ2n) is 3.55. The van der Waals surface area contributed by atoms with Crippen LogP contribution in [0.5, 0.6) is 0 Å². The Hall–Kier alpha value is -1.83. The summed E-state index contributed by atoms with van der Waals surface area (Å²) in [7, 11) is 0. The van der Waals surface area contributed by atoms with Gasteiger partial charge in [-0.15, -0.1) is 0 Å². The summed E-state index contributed by atoms with van der Waals surface area (Å²) in [4.78, 5) is 24.7. The van der Waals surface area contributed by atoms with Gasteiger partial charge < -0.3 is 10.4 Å². The molecule has 18 heavy (non-hydrogen) atoms. The van der Waals surface area contributed by atoms with E-state index in [-0.39, 0.29) is 22.4 Å². The van der Waals surface area contributed by atoms with Crippen LogP contribution in [0.25, 0.3) is 0 Å². The molecule has 0 bridgehead atoms. The fourth-order valence-corrected chi connectivity index (χ4v) is 1.42. The molecule has 0 saturated carbocycles.